The first kappa shape index (κ1) is 15.9. The lowest BCUT2D eigenvalue weighted by molar-refractivity contribution is 0.423. The van der Waals surface area contributed by atoms with Crippen molar-refractivity contribution < 1.29 is 0 Å². The van der Waals surface area contributed by atoms with Gasteiger partial charge in [-0.15, -0.1) is 0 Å². The third kappa shape index (κ3) is 4.78. The summed E-state index contributed by atoms with van der Waals surface area (Å²) in [5, 5.41) is 3.43. The minimum atomic E-state index is 0.0746. The number of aromatic nitrogens is 2. The second-order valence-corrected chi connectivity index (χ2v) is 6.72. The maximum Gasteiger partial charge on any atom is 0.225 e. The summed E-state index contributed by atoms with van der Waals surface area (Å²) in [6, 6.07) is 0. The number of nitrogens with zero attached hydrogens (tertiary/aromatic N) is 3. The van der Waals surface area contributed by atoms with Gasteiger partial charge < -0.3 is 10.2 Å². The molecule has 4 heteroatoms. The molecule has 0 bridgehead atoms. The minimum Gasteiger partial charge on any atom is -0.339 e. The first-order chi connectivity index (χ1) is 8.65. The number of anilines is 1. The van der Waals surface area contributed by atoms with Crippen LogP contribution in [0.4, 0.5) is 5.95 Å². The van der Waals surface area contributed by atoms with Crippen LogP contribution in [0, 0.1) is 0 Å². The van der Waals surface area contributed by atoms with E-state index in [1.54, 1.807) is 0 Å². The standard InChI is InChI=1S/C15H28N4/c1-8-15(5,6)19(7)13-16-9-12(10-17-13)11-18-14(2,3)4/h9-10,18H,8,11H2,1-7H3. The van der Waals surface area contributed by atoms with E-state index in [4.69, 9.17) is 0 Å². The quantitative estimate of drug-likeness (QED) is 0.887. The van der Waals surface area contributed by atoms with Gasteiger partial charge in [-0.25, -0.2) is 9.97 Å². The van der Waals surface area contributed by atoms with Crippen LogP contribution in [0.5, 0.6) is 0 Å². The fourth-order valence-electron chi connectivity index (χ4n) is 1.49. The van der Waals surface area contributed by atoms with Crippen LogP contribution in [-0.4, -0.2) is 28.1 Å². The molecule has 108 valence electrons. The van der Waals surface area contributed by atoms with Gasteiger partial charge in [-0.2, -0.15) is 0 Å². The summed E-state index contributed by atoms with van der Waals surface area (Å²) in [7, 11) is 2.05. The van der Waals surface area contributed by atoms with Gasteiger partial charge in [0, 0.05) is 42.6 Å². The molecule has 19 heavy (non-hydrogen) atoms. The molecule has 0 aliphatic heterocycles. The van der Waals surface area contributed by atoms with Gasteiger partial charge in [0.2, 0.25) is 5.95 Å². The number of rotatable bonds is 5. The van der Waals surface area contributed by atoms with Crippen LogP contribution in [0.25, 0.3) is 0 Å². The minimum absolute atomic E-state index is 0.0746. The Bertz CT molecular complexity index is 390. The zero-order chi connectivity index (χ0) is 14.7. The Morgan fingerprint density at radius 1 is 1.11 bits per heavy atom. The third-order valence-electron chi connectivity index (χ3n) is 3.59. The summed E-state index contributed by atoms with van der Waals surface area (Å²) in [5.74, 6) is 0.784. The van der Waals surface area contributed by atoms with Gasteiger partial charge in [-0.3, -0.25) is 0 Å². The summed E-state index contributed by atoms with van der Waals surface area (Å²) in [6.45, 7) is 13.8. The van der Waals surface area contributed by atoms with Crippen molar-refractivity contribution in [3.8, 4) is 0 Å². The van der Waals surface area contributed by atoms with Crippen molar-refractivity contribution in [3.05, 3.63) is 18.0 Å². The van der Waals surface area contributed by atoms with Crippen molar-refractivity contribution in [2.24, 2.45) is 0 Å². The van der Waals surface area contributed by atoms with Crippen LogP contribution in [0.15, 0.2) is 12.4 Å². The van der Waals surface area contributed by atoms with E-state index in [1.807, 2.05) is 19.4 Å². The molecule has 0 fully saturated rings. The second-order valence-electron chi connectivity index (χ2n) is 6.72. The Morgan fingerprint density at radius 3 is 2.05 bits per heavy atom. The van der Waals surface area contributed by atoms with E-state index < -0.39 is 0 Å². The Labute approximate surface area is 117 Å². The molecular weight excluding hydrogens is 236 g/mol. The van der Waals surface area contributed by atoms with Gasteiger partial charge >= 0.3 is 0 Å². The molecule has 0 amide bonds. The van der Waals surface area contributed by atoms with Crippen LogP contribution in [-0.2, 0) is 6.54 Å². The van der Waals surface area contributed by atoms with Crippen LogP contribution < -0.4 is 10.2 Å². The molecule has 0 atom stereocenters. The fraction of sp³-hybridized carbons (Fsp3) is 0.733. The first-order valence-corrected chi connectivity index (χ1v) is 6.95. The van der Waals surface area contributed by atoms with Gasteiger partial charge in [-0.05, 0) is 41.0 Å². The molecule has 1 N–H and O–H groups in total. The summed E-state index contributed by atoms with van der Waals surface area (Å²) >= 11 is 0. The predicted octanol–water partition coefficient (Wildman–Crippen LogP) is 2.99. The highest BCUT2D eigenvalue weighted by molar-refractivity contribution is 5.32. The van der Waals surface area contributed by atoms with Gasteiger partial charge in [-0.1, -0.05) is 6.92 Å². The maximum atomic E-state index is 4.47. The fourth-order valence-corrected chi connectivity index (χ4v) is 1.49. The molecule has 0 unspecified atom stereocenters. The lowest BCUT2D eigenvalue weighted by Crippen LogP contribution is -2.41. The van der Waals surface area contributed by atoms with Gasteiger partial charge in [0.05, 0.1) is 0 Å². The second kappa shape index (κ2) is 5.87. The molecule has 0 spiro atoms. The van der Waals surface area contributed by atoms with Gasteiger partial charge in [0.25, 0.3) is 0 Å². The number of hydrogen-bond acceptors (Lipinski definition) is 4. The van der Waals surface area contributed by atoms with E-state index in [1.165, 1.54) is 0 Å². The van der Waals surface area contributed by atoms with Crippen molar-refractivity contribution >= 4 is 5.95 Å². The zero-order valence-corrected chi connectivity index (χ0v) is 13.4. The smallest absolute Gasteiger partial charge is 0.225 e. The van der Waals surface area contributed by atoms with Gasteiger partial charge in [0.15, 0.2) is 0 Å². The Morgan fingerprint density at radius 2 is 1.63 bits per heavy atom. The molecule has 0 saturated carbocycles. The zero-order valence-electron chi connectivity index (χ0n) is 13.4. The van der Waals surface area contributed by atoms with Crippen molar-refractivity contribution in [2.75, 3.05) is 11.9 Å². The van der Waals surface area contributed by atoms with Crippen LogP contribution in [0.2, 0.25) is 0 Å². The highest BCUT2D eigenvalue weighted by atomic mass is 15.3. The Balaban J connectivity index is 2.71. The molecule has 1 aromatic heterocycles. The largest absolute Gasteiger partial charge is 0.339 e. The summed E-state index contributed by atoms with van der Waals surface area (Å²) < 4.78 is 0. The highest BCUT2D eigenvalue weighted by Gasteiger charge is 2.23. The molecule has 0 aliphatic rings. The average Bonchev–Trinajstić information content (AvgIpc) is 2.35. The molecule has 1 rings (SSSR count). The van der Waals surface area contributed by atoms with Crippen LogP contribution in [0.1, 0.15) is 53.5 Å². The number of hydrogen-bond donors (Lipinski definition) is 1. The summed E-state index contributed by atoms with van der Waals surface area (Å²) in [6.07, 6.45) is 4.87. The highest BCUT2D eigenvalue weighted by Crippen LogP contribution is 2.21. The molecule has 0 aromatic carbocycles. The topological polar surface area (TPSA) is 41.1 Å². The van der Waals surface area contributed by atoms with E-state index in [0.29, 0.717) is 0 Å². The van der Waals surface area contributed by atoms with Crippen molar-refractivity contribution in [2.45, 2.75) is 65.6 Å². The lowest BCUT2D eigenvalue weighted by atomic mass is 10.0. The van der Waals surface area contributed by atoms with E-state index in [-0.39, 0.29) is 11.1 Å². The Kier molecular flexibility index (Phi) is 4.91. The predicted molar refractivity (Wildman–Crippen MR) is 81.4 cm³/mol. The molecule has 4 nitrogen and oxygen atoms in total. The molecule has 0 radical (unpaired) electrons. The summed E-state index contributed by atoms with van der Waals surface area (Å²) in [4.78, 5) is 11.1. The molecule has 1 heterocycles. The SMILES string of the molecule is CCC(C)(C)N(C)c1ncc(CNC(C)(C)C)cn1. The first-order valence-electron chi connectivity index (χ1n) is 6.95. The number of nitrogens with one attached hydrogen (secondary N) is 1. The molecule has 0 aliphatic carbocycles. The lowest BCUT2D eigenvalue weighted by Gasteiger charge is -2.34. The van der Waals surface area contributed by atoms with Crippen molar-refractivity contribution in [1.29, 1.82) is 0 Å². The summed E-state index contributed by atoms with van der Waals surface area (Å²) in [5.41, 5.74) is 1.30. The average molecular weight is 264 g/mol. The van der Waals surface area contributed by atoms with E-state index in [2.05, 4.69) is 61.7 Å². The molecule has 0 saturated heterocycles. The van der Waals surface area contributed by atoms with Gasteiger partial charge in [0.1, 0.15) is 0 Å². The molecule has 1 aromatic rings. The van der Waals surface area contributed by atoms with E-state index in [9.17, 15) is 0 Å². The van der Waals surface area contributed by atoms with E-state index >= 15 is 0 Å². The Hall–Kier alpha value is -1.16. The van der Waals surface area contributed by atoms with Crippen LogP contribution >= 0.6 is 0 Å². The molecular formula is C15H28N4. The van der Waals surface area contributed by atoms with Crippen molar-refractivity contribution in [3.63, 3.8) is 0 Å². The van der Waals surface area contributed by atoms with Crippen molar-refractivity contribution in [1.82, 2.24) is 15.3 Å². The van der Waals surface area contributed by atoms with Crippen LogP contribution in [0.3, 0.4) is 0 Å². The normalized spacial score (nSPS) is 12.6. The van der Waals surface area contributed by atoms with E-state index in [0.717, 1.165) is 24.5 Å². The monoisotopic (exact) mass is 264 g/mol. The third-order valence-corrected chi connectivity index (χ3v) is 3.59. The maximum absolute atomic E-state index is 4.47.